The van der Waals surface area contributed by atoms with Crippen molar-refractivity contribution in [1.82, 2.24) is 9.78 Å². The molecule has 0 fully saturated rings. The van der Waals surface area contributed by atoms with Crippen LogP contribution in [-0.4, -0.2) is 16.3 Å². The van der Waals surface area contributed by atoms with E-state index in [2.05, 4.69) is 5.10 Å². The summed E-state index contributed by atoms with van der Waals surface area (Å²) in [6.45, 7) is 3.12. The number of H-pyrrole nitrogens is 1. The second kappa shape index (κ2) is 5.01. The number of nitrogens with one attached hydrogen (secondary N) is 1. The van der Waals surface area contributed by atoms with E-state index in [1.54, 1.807) is 10.9 Å². The van der Waals surface area contributed by atoms with Gasteiger partial charge in [-0.25, -0.2) is 4.68 Å². The van der Waals surface area contributed by atoms with Crippen molar-refractivity contribution in [1.29, 1.82) is 0 Å². The predicted molar refractivity (Wildman–Crippen MR) is 68.1 cm³/mol. The van der Waals surface area contributed by atoms with Crippen LogP contribution in [0.1, 0.15) is 16.7 Å². The average Bonchev–Trinajstić information content (AvgIpc) is 2.65. The molecule has 0 unspecified atom stereocenters. The summed E-state index contributed by atoms with van der Waals surface area (Å²) in [5.74, 6) is 0. The number of nitrogens with two attached hydrogens (primary N) is 1. The number of hydrogen-bond donors (Lipinski definition) is 2. The summed E-state index contributed by atoms with van der Waals surface area (Å²) in [7, 11) is 0. The fraction of sp³-hybridized carbons (Fsp3) is 0.308. The van der Waals surface area contributed by atoms with Gasteiger partial charge in [0.05, 0.1) is 6.54 Å². The molecule has 0 aliphatic rings. The molecule has 0 amide bonds. The fourth-order valence-corrected chi connectivity index (χ4v) is 1.78. The highest BCUT2D eigenvalue weighted by Crippen LogP contribution is 2.04. The molecule has 90 valence electrons. The quantitative estimate of drug-likeness (QED) is 0.825. The van der Waals surface area contributed by atoms with E-state index >= 15 is 0 Å². The van der Waals surface area contributed by atoms with Crippen molar-refractivity contribution in [2.75, 3.05) is 6.54 Å². The summed E-state index contributed by atoms with van der Waals surface area (Å²) in [4.78, 5) is 11.9. The van der Waals surface area contributed by atoms with Gasteiger partial charge in [-0.3, -0.25) is 4.79 Å². The lowest BCUT2D eigenvalue weighted by atomic mass is 10.1. The fourth-order valence-electron chi connectivity index (χ4n) is 1.78. The normalized spacial score (nSPS) is 10.7. The number of aryl methyl sites for hydroxylation is 1. The highest BCUT2D eigenvalue weighted by atomic mass is 16.1. The number of aromatic nitrogens is 2. The zero-order chi connectivity index (χ0) is 12.3. The van der Waals surface area contributed by atoms with Crippen LogP contribution >= 0.6 is 0 Å². The first kappa shape index (κ1) is 11.7. The SMILES string of the molecule is Cc1ccc(Cn2[nH]cc(CCN)c2=O)cc1. The van der Waals surface area contributed by atoms with Gasteiger partial charge in [-0.15, -0.1) is 0 Å². The van der Waals surface area contributed by atoms with Crippen molar-refractivity contribution in [2.24, 2.45) is 5.73 Å². The lowest BCUT2D eigenvalue weighted by Crippen LogP contribution is -2.21. The molecule has 2 rings (SSSR count). The molecule has 1 aromatic heterocycles. The molecule has 0 bridgehead atoms. The van der Waals surface area contributed by atoms with E-state index in [9.17, 15) is 4.79 Å². The second-order valence-electron chi connectivity index (χ2n) is 4.21. The summed E-state index contributed by atoms with van der Waals surface area (Å²) in [6, 6.07) is 8.16. The topological polar surface area (TPSA) is 63.8 Å². The Hall–Kier alpha value is -1.81. The molecule has 0 radical (unpaired) electrons. The van der Waals surface area contributed by atoms with Gasteiger partial charge in [0.15, 0.2) is 0 Å². The Morgan fingerprint density at radius 3 is 2.65 bits per heavy atom. The lowest BCUT2D eigenvalue weighted by molar-refractivity contribution is 0.661. The predicted octanol–water partition coefficient (Wildman–Crippen LogP) is 1.03. The standard InChI is InChI=1S/C13H17N3O/c1-10-2-4-11(5-3-10)9-16-13(17)12(6-7-14)8-15-16/h2-5,8,15H,6-7,9,14H2,1H3. The Balaban J connectivity index is 2.19. The van der Waals surface area contributed by atoms with E-state index < -0.39 is 0 Å². The van der Waals surface area contributed by atoms with Gasteiger partial charge < -0.3 is 10.8 Å². The van der Waals surface area contributed by atoms with Crippen molar-refractivity contribution in [3.63, 3.8) is 0 Å². The maximum absolute atomic E-state index is 11.9. The van der Waals surface area contributed by atoms with Gasteiger partial charge in [-0.05, 0) is 25.5 Å². The third kappa shape index (κ3) is 2.65. The lowest BCUT2D eigenvalue weighted by Gasteiger charge is -2.02. The van der Waals surface area contributed by atoms with Gasteiger partial charge in [0.1, 0.15) is 0 Å². The van der Waals surface area contributed by atoms with Gasteiger partial charge in [0, 0.05) is 11.8 Å². The van der Waals surface area contributed by atoms with Crippen molar-refractivity contribution >= 4 is 0 Å². The molecule has 0 aliphatic heterocycles. The maximum atomic E-state index is 11.9. The molecule has 4 nitrogen and oxygen atoms in total. The first-order chi connectivity index (χ1) is 8.20. The number of nitrogens with zero attached hydrogens (tertiary/aromatic N) is 1. The molecule has 2 aromatic rings. The van der Waals surface area contributed by atoms with Crippen LogP contribution < -0.4 is 11.3 Å². The molecule has 4 heteroatoms. The van der Waals surface area contributed by atoms with Crippen LogP contribution in [-0.2, 0) is 13.0 Å². The highest BCUT2D eigenvalue weighted by molar-refractivity contribution is 5.21. The van der Waals surface area contributed by atoms with Gasteiger partial charge in [-0.2, -0.15) is 0 Å². The molecule has 17 heavy (non-hydrogen) atoms. The van der Waals surface area contributed by atoms with Crippen LogP contribution in [0.25, 0.3) is 0 Å². The maximum Gasteiger partial charge on any atom is 0.269 e. The first-order valence-corrected chi connectivity index (χ1v) is 5.73. The van der Waals surface area contributed by atoms with Crippen LogP contribution in [0.5, 0.6) is 0 Å². The Bertz CT molecular complexity index is 537. The number of benzene rings is 1. The van der Waals surface area contributed by atoms with Crippen molar-refractivity contribution in [2.45, 2.75) is 19.9 Å². The van der Waals surface area contributed by atoms with E-state index in [0.29, 0.717) is 19.5 Å². The van der Waals surface area contributed by atoms with Crippen LogP contribution in [0.4, 0.5) is 0 Å². The van der Waals surface area contributed by atoms with Crippen LogP contribution in [0, 0.1) is 6.92 Å². The summed E-state index contributed by atoms with van der Waals surface area (Å²) in [6.07, 6.45) is 2.36. The van der Waals surface area contributed by atoms with E-state index in [-0.39, 0.29) is 5.56 Å². The number of hydrogen-bond acceptors (Lipinski definition) is 2. The third-order valence-corrected chi connectivity index (χ3v) is 2.79. The van der Waals surface area contributed by atoms with Crippen molar-refractivity contribution in [3.8, 4) is 0 Å². The zero-order valence-electron chi connectivity index (χ0n) is 9.94. The number of aromatic amines is 1. The molecule has 0 spiro atoms. The molecular formula is C13H17N3O. The minimum absolute atomic E-state index is 0.0241. The minimum atomic E-state index is 0.0241. The summed E-state index contributed by atoms with van der Waals surface area (Å²) >= 11 is 0. The molecule has 0 saturated heterocycles. The van der Waals surface area contributed by atoms with Crippen molar-refractivity contribution in [3.05, 3.63) is 57.5 Å². The Morgan fingerprint density at radius 2 is 2.00 bits per heavy atom. The first-order valence-electron chi connectivity index (χ1n) is 5.73. The Morgan fingerprint density at radius 1 is 1.29 bits per heavy atom. The summed E-state index contributed by atoms with van der Waals surface area (Å²) < 4.78 is 1.61. The van der Waals surface area contributed by atoms with Gasteiger partial charge >= 0.3 is 0 Å². The van der Waals surface area contributed by atoms with Gasteiger partial charge in [0.2, 0.25) is 0 Å². The van der Waals surface area contributed by atoms with E-state index in [1.807, 2.05) is 31.2 Å². The van der Waals surface area contributed by atoms with E-state index in [4.69, 9.17) is 5.73 Å². The van der Waals surface area contributed by atoms with E-state index in [0.717, 1.165) is 11.1 Å². The highest BCUT2D eigenvalue weighted by Gasteiger charge is 2.05. The molecule has 0 saturated carbocycles. The zero-order valence-corrected chi connectivity index (χ0v) is 9.94. The molecule has 0 aliphatic carbocycles. The Labute approximate surface area is 100 Å². The molecule has 3 N–H and O–H groups in total. The Kier molecular flexibility index (Phi) is 3.44. The summed E-state index contributed by atoms with van der Waals surface area (Å²) in [5, 5.41) is 2.97. The average molecular weight is 231 g/mol. The molecule has 0 atom stereocenters. The summed E-state index contributed by atoms with van der Waals surface area (Å²) in [5.41, 5.74) is 8.55. The van der Waals surface area contributed by atoms with Crippen LogP contribution in [0.15, 0.2) is 35.3 Å². The minimum Gasteiger partial charge on any atom is -0.330 e. The largest absolute Gasteiger partial charge is 0.330 e. The van der Waals surface area contributed by atoms with Crippen molar-refractivity contribution < 1.29 is 0 Å². The van der Waals surface area contributed by atoms with Crippen LogP contribution in [0.3, 0.4) is 0 Å². The molecule has 1 heterocycles. The monoisotopic (exact) mass is 231 g/mol. The smallest absolute Gasteiger partial charge is 0.269 e. The van der Waals surface area contributed by atoms with Gasteiger partial charge in [-0.1, -0.05) is 29.8 Å². The van der Waals surface area contributed by atoms with E-state index in [1.165, 1.54) is 5.56 Å². The molecular weight excluding hydrogens is 214 g/mol. The second-order valence-corrected chi connectivity index (χ2v) is 4.21. The third-order valence-electron chi connectivity index (χ3n) is 2.79. The van der Waals surface area contributed by atoms with Gasteiger partial charge in [0.25, 0.3) is 5.56 Å². The molecule has 1 aromatic carbocycles. The van der Waals surface area contributed by atoms with Crippen LogP contribution in [0.2, 0.25) is 0 Å². The number of rotatable bonds is 4.